The first kappa shape index (κ1) is 19.9. The number of rotatable bonds is 7. The van der Waals surface area contributed by atoms with Crippen LogP contribution < -0.4 is 10.6 Å². The predicted molar refractivity (Wildman–Crippen MR) is 113 cm³/mol. The Morgan fingerprint density at radius 1 is 1.17 bits per heavy atom. The molecule has 1 aliphatic heterocycles. The van der Waals surface area contributed by atoms with E-state index in [2.05, 4.69) is 32.3 Å². The van der Waals surface area contributed by atoms with E-state index in [-0.39, 0.29) is 11.2 Å². The molecule has 6 nitrogen and oxygen atoms in total. The molecule has 0 atom stereocenters. The number of benzene rings is 1. The number of nitrogens with one attached hydrogen (secondary N) is 2. The number of aliphatic imine (C=N–C) groups is 1. The van der Waals surface area contributed by atoms with Gasteiger partial charge < -0.3 is 15.2 Å². The number of nitrogens with zero attached hydrogens (tertiary/aromatic N) is 4. The SMILES string of the molecule is CCNC(=NCC1(c2ccccc2F)CC1)NCCc1nnc2n1CCCCC2. The summed E-state index contributed by atoms with van der Waals surface area (Å²) in [6.07, 6.45) is 7.50. The average Bonchev–Trinajstić information content (AvgIpc) is 3.47. The second-order valence-corrected chi connectivity index (χ2v) is 8.13. The van der Waals surface area contributed by atoms with Gasteiger partial charge >= 0.3 is 0 Å². The maximum atomic E-state index is 14.2. The molecule has 0 radical (unpaired) electrons. The van der Waals surface area contributed by atoms with Crippen molar-refractivity contribution in [1.29, 1.82) is 0 Å². The Kier molecular flexibility index (Phi) is 6.11. The van der Waals surface area contributed by atoms with Crippen LogP contribution in [0.3, 0.4) is 0 Å². The summed E-state index contributed by atoms with van der Waals surface area (Å²) in [6.45, 7) is 5.22. The summed E-state index contributed by atoms with van der Waals surface area (Å²) in [5.74, 6) is 2.84. The number of aryl methyl sites for hydroxylation is 1. The summed E-state index contributed by atoms with van der Waals surface area (Å²) in [5, 5.41) is 15.5. The topological polar surface area (TPSA) is 67.1 Å². The van der Waals surface area contributed by atoms with Gasteiger partial charge in [0, 0.05) is 37.9 Å². The minimum Gasteiger partial charge on any atom is -0.357 e. The molecule has 2 aromatic rings. The Morgan fingerprint density at radius 2 is 2.03 bits per heavy atom. The lowest BCUT2D eigenvalue weighted by Crippen LogP contribution is -2.39. The smallest absolute Gasteiger partial charge is 0.191 e. The fourth-order valence-electron chi connectivity index (χ4n) is 4.15. The number of halogens is 1. The van der Waals surface area contributed by atoms with Crippen LogP contribution in [0.1, 0.15) is 56.2 Å². The van der Waals surface area contributed by atoms with Crippen LogP contribution in [0.4, 0.5) is 4.39 Å². The van der Waals surface area contributed by atoms with Gasteiger partial charge in [-0.3, -0.25) is 4.99 Å². The molecule has 1 saturated carbocycles. The molecule has 1 aromatic carbocycles. The highest BCUT2D eigenvalue weighted by molar-refractivity contribution is 5.79. The minimum absolute atomic E-state index is 0.120. The molecule has 1 aromatic heterocycles. The molecule has 0 bridgehead atoms. The van der Waals surface area contributed by atoms with Crippen molar-refractivity contribution < 1.29 is 4.39 Å². The van der Waals surface area contributed by atoms with E-state index >= 15 is 0 Å². The van der Waals surface area contributed by atoms with Gasteiger partial charge in [-0.2, -0.15) is 0 Å². The highest BCUT2D eigenvalue weighted by atomic mass is 19.1. The average molecular weight is 399 g/mol. The van der Waals surface area contributed by atoms with Crippen LogP contribution in [0.25, 0.3) is 0 Å². The van der Waals surface area contributed by atoms with Crippen molar-refractivity contribution >= 4 is 5.96 Å². The first-order valence-corrected chi connectivity index (χ1v) is 10.9. The molecule has 156 valence electrons. The van der Waals surface area contributed by atoms with Crippen molar-refractivity contribution in [1.82, 2.24) is 25.4 Å². The summed E-state index contributed by atoms with van der Waals surface area (Å²) in [7, 11) is 0. The van der Waals surface area contributed by atoms with Crippen LogP contribution in [-0.2, 0) is 24.8 Å². The quantitative estimate of drug-likeness (QED) is 0.556. The highest BCUT2D eigenvalue weighted by Crippen LogP contribution is 2.49. The molecule has 1 aliphatic carbocycles. The molecule has 0 unspecified atom stereocenters. The van der Waals surface area contributed by atoms with Crippen molar-refractivity contribution in [2.24, 2.45) is 4.99 Å². The van der Waals surface area contributed by atoms with Gasteiger partial charge in [0.1, 0.15) is 17.5 Å². The van der Waals surface area contributed by atoms with Crippen LogP contribution in [0.15, 0.2) is 29.3 Å². The van der Waals surface area contributed by atoms with Crippen LogP contribution >= 0.6 is 0 Å². The fraction of sp³-hybridized carbons (Fsp3) is 0.591. The molecule has 29 heavy (non-hydrogen) atoms. The summed E-state index contributed by atoms with van der Waals surface area (Å²) < 4.78 is 16.5. The highest BCUT2D eigenvalue weighted by Gasteiger charge is 2.45. The monoisotopic (exact) mass is 398 g/mol. The van der Waals surface area contributed by atoms with Crippen molar-refractivity contribution in [3.63, 3.8) is 0 Å². The zero-order chi connectivity index (χ0) is 20.1. The van der Waals surface area contributed by atoms with Crippen molar-refractivity contribution in [3.05, 3.63) is 47.3 Å². The maximum Gasteiger partial charge on any atom is 0.191 e. The molecule has 2 heterocycles. The zero-order valence-corrected chi connectivity index (χ0v) is 17.3. The van der Waals surface area contributed by atoms with Crippen molar-refractivity contribution in [3.8, 4) is 0 Å². The number of guanidine groups is 1. The Hall–Kier alpha value is -2.44. The second kappa shape index (κ2) is 8.93. The summed E-state index contributed by atoms with van der Waals surface area (Å²) in [6, 6.07) is 7.10. The molecule has 2 aliphatic rings. The Labute approximate surface area is 172 Å². The molecule has 1 fully saturated rings. The van der Waals surface area contributed by atoms with E-state index in [0.717, 1.165) is 68.5 Å². The fourth-order valence-corrected chi connectivity index (χ4v) is 4.15. The largest absolute Gasteiger partial charge is 0.357 e. The predicted octanol–water partition coefficient (Wildman–Crippen LogP) is 2.97. The van der Waals surface area contributed by atoms with Gasteiger partial charge in [0.25, 0.3) is 0 Å². The van der Waals surface area contributed by atoms with Crippen LogP contribution in [-0.4, -0.2) is 40.4 Å². The number of hydrogen-bond acceptors (Lipinski definition) is 3. The van der Waals surface area contributed by atoms with Crippen LogP contribution in [0.2, 0.25) is 0 Å². The van der Waals surface area contributed by atoms with Gasteiger partial charge in [-0.25, -0.2) is 4.39 Å². The maximum absolute atomic E-state index is 14.2. The van der Waals surface area contributed by atoms with E-state index in [1.165, 1.54) is 19.3 Å². The lowest BCUT2D eigenvalue weighted by molar-refractivity contribution is 0.572. The standard InChI is InChI=1S/C22H31FN6/c1-2-24-21(26-16-22(12-13-22)17-8-5-6-9-18(17)23)25-14-11-20-28-27-19-10-4-3-7-15-29(19)20/h5-6,8-9H,2-4,7,10-16H2,1H3,(H2,24,25,26). The Balaban J connectivity index is 1.36. The van der Waals surface area contributed by atoms with Gasteiger partial charge in [-0.05, 0) is 44.2 Å². The van der Waals surface area contributed by atoms with E-state index in [4.69, 9.17) is 4.99 Å². The number of aromatic nitrogens is 3. The molecule has 2 N–H and O–H groups in total. The van der Waals surface area contributed by atoms with E-state index in [1.807, 2.05) is 12.1 Å². The van der Waals surface area contributed by atoms with Gasteiger partial charge in [0.15, 0.2) is 5.96 Å². The molecule has 0 amide bonds. The second-order valence-electron chi connectivity index (χ2n) is 8.13. The Morgan fingerprint density at radius 3 is 2.83 bits per heavy atom. The van der Waals surface area contributed by atoms with E-state index in [1.54, 1.807) is 12.1 Å². The molecular formula is C22H31FN6. The summed E-state index contributed by atoms with van der Waals surface area (Å²) >= 11 is 0. The molecule has 0 saturated heterocycles. The van der Waals surface area contributed by atoms with Crippen LogP contribution in [0, 0.1) is 5.82 Å². The van der Waals surface area contributed by atoms with Gasteiger partial charge in [-0.15, -0.1) is 10.2 Å². The van der Waals surface area contributed by atoms with E-state index < -0.39 is 0 Å². The van der Waals surface area contributed by atoms with Gasteiger partial charge in [0.2, 0.25) is 0 Å². The first-order chi connectivity index (χ1) is 14.2. The van der Waals surface area contributed by atoms with Crippen molar-refractivity contribution in [2.75, 3.05) is 19.6 Å². The van der Waals surface area contributed by atoms with Gasteiger partial charge in [0.05, 0.1) is 6.54 Å². The lowest BCUT2D eigenvalue weighted by atomic mass is 9.95. The third-order valence-electron chi connectivity index (χ3n) is 6.01. The lowest BCUT2D eigenvalue weighted by Gasteiger charge is -2.16. The third-order valence-corrected chi connectivity index (χ3v) is 6.01. The summed E-state index contributed by atoms with van der Waals surface area (Å²) in [5.41, 5.74) is 0.656. The third kappa shape index (κ3) is 4.60. The normalized spacial score (nSPS) is 18.1. The van der Waals surface area contributed by atoms with Crippen LogP contribution in [0.5, 0.6) is 0 Å². The minimum atomic E-state index is -0.141. The Bertz CT molecular complexity index is 855. The molecule has 4 rings (SSSR count). The van der Waals surface area contributed by atoms with Gasteiger partial charge in [-0.1, -0.05) is 24.6 Å². The van der Waals surface area contributed by atoms with E-state index in [9.17, 15) is 4.39 Å². The molecule has 7 heteroatoms. The van der Waals surface area contributed by atoms with E-state index in [0.29, 0.717) is 6.54 Å². The first-order valence-electron chi connectivity index (χ1n) is 10.9. The number of hydrogen-bond donors (Lipinski definition) is 2. The summed E-state index contributed by atoms with van der Waals surface area (Å²) in [4.78, 5) is 4.77. The number of fused-ring (bicyclic) bond motifs is 1. The van der Waals surface area contributed by atoms with Crippen molar-refractivity contribution in [2.45, 2.75) is 63.8 Å². The zero-order valence-electron chi connectivity index (χ0n) is 17.3. The molecule has 0 spiro atoms. The molecular weight excluding hydrogens is 367 g/mol.